The summed E-state index contributed by atoms with van der Waals surface area (Å²) in [6.45, 7) is 4.60. The number of rotatable bonds is 6. The van der Waals surface area contributed by atoms with Crippen LogP contribution >= 0.6 is 0 Å². The van der Waals surface area contributed by atoms with Crippen molar-refractivity contribution in [3.63, 3.8) is 0 Å². The van der Waals surface area contributed by atoms with Crippen LogP contribution in [0.1, 0.15) is 58.8 Å². The Hall–Kier alpha value is -0.860. The number of amides is 1. The second-order valence-corrected chi connectivity index (χ2v) is 4.75. The van der Waals surface area contributed by atoms with Gasteiger partial charge in [0.1, 0.15) is 5.78 Å². The molecule has 92 valence electrons. The van der Waals surface area contributed by atoms with E-state index in [1.807, 2.05) is 4.90 Å². The molecule has 1 atom stereocenters. The number of likely N-dealkylation sites (tertiary alicyclic amines) is 1. The smallest absolute Gasteiger partial charge is 0.222 e. The summed E-state index contributed by atoms with van der Waals surface area (Å²) in [6.07, 6.45) is 6.50. The lowest BCUT2D eigenvalue weighted by molar-refractivity contribution is -0.132. The van der Waals surface area contributed by atoms with E-state index in [0.717, 1.165) is 38.6 Å². The van der Waals surface area contributed by atoms with Crippen LogP contribution in [-0.4, -0.2) is 29.2 Å². The van der Waals surface area contributed by atoms with Crippen LogP contribution in [0.3, 0.4) is 0 Å². The van der Waals surface area contributed by atoms with Gasteiger partial charge in [-0.1, -0.05) is 19.8 Å². The summed E-state index contributed by atoms with van der Waals surface area (Å²) in [5.74, 6) is 0.440. The second kappa shape index (κ2) is 6.66. The molecule has 16 heavy (non-hydrogen) atoms. The van der Waals surface area contributed by atoms with Gasteiger partial charge in [0, 0.05) is 25.4 Å². The zero-order chi connectivity index (χ0) is 12.0. The van der Waals surface area contributed by atoms with Gasteiger partial charge < -0.3 is 4.90 Å². The number of ketones is 1. The van der Waals surface area contributed by atoms with Crippen molar-refractivity contribution in [1.29, 1.82) is 0 Å². The predicted octanol–water partition coefficient (Wildman–Crippen LogP) is 2.54. The third-order valence-corrected chi connectivity index (χ3v) is 3.21. The Morgan fingerprint density at radius 2 is 2.06 bits per heavy atom. The van der Waals surface area contributed by atoms with Gasteiger partial charge in [0.05, 0.1) is 0 Å². The fraction of sp³-hybridized carbons (Fsp3) is 0.846. The summed E-state index contributed by atoms with van der Waals surface area (Å²) >= 11 is 0. The molecule has 0 spiro atoms. The van der Waals surface area contributed by atoms with E-state index >= 15 is 0 Å². The summed E-state index contributed by atoms with van der Waals surface area (Å²) in [5.41, 5.74) is 0. The van der Waals surface area contributed by atoms with Gasteiger partial charge >= 0.3 is 0 Å². The maximum atomic E-state index is 11.9. The fourth-order valence-electron chi connectivity index (χ4n) is 2.38. The molecule has 3 nitrogen and oxygen atoms in total. The first kappa shape index (κ1) is 13.2. The molecule has 0 aromatic heterocycles. The van der Waals surface area contributed by atoms with Gasteiger partial charge in [-0.25, -0.2) is 0 Å². The van der Waals surface area contributed by atoms with Gasteiger partial charge in [-0.05, 0) is 26.2 Å². The number of hydrogen-bond acceptors (Lipinski definition) is 2. The number of carbonyl (C=O) groups excluding carboxylic acids is 2. The molecule has 0 N–H and O–H groups in total. The Kier molecular flexibility index (Phi) is 5.50. The van der Waals surface area contributed by atoms with E-state index in [1.165, 1.54) is 0 Å². The third kappa shape index (κ3) is 3.95. The molecule has 0 bridgehead atoms. The lowest BCUT2D eigenvalue weighted by Gasteiger charge is -2.24. The number of hydrogen-bond donors (Lipinski definition) is 0. The number of carbonyl (C=O) groups is 2. The molecule has 1 amide bonds. The van der Waals surface area contributed by atoms with Gasteiger partial charge in [-0.15, -0.1) is 0 Å². The van der Waals surface area contributed by atoms with Crippen molar-refractivity contribution < 1.29 is 9.59 Å². The summed E-state index contributed by atoms with van der Waals surface area (Å²) in [5, 5.41) is 0. The van der Waals surface area contributed by atoms with Crippen LogP contribution < -0.4 is 0 Å². The van der Waals surface area contributed by atoms with Crippen LogP contribution in [0.2, 0.25) is 0 Å². The van der Waals surface area contributed by atoms with Crippen molar-refractivity contribution in [3.05, 3.63) is 0 Å². The Bertz CT molecular complexity index is 250. The molecule has 1 heterocycles. The molecule has 1 aliphatic heterocycles. The maximum absolute atomic E-state index is 11.9. The molecular formula is C13H23NO2. The van der Waals surface area contributed by atoms with Crippen LogP contribution in [0.4, 0.5) is 0 Å². The Labute approximate surface area is 98.2 Å². The molecule has 0 aliphatic carbocycles. The van der Waals surface area contributed by atoms with Gasteiger partial charge in [0.25, 0.3) is 0 Å². The van der Waals surface area contributed by atoms with Crippen molar-refractivity contribution in [2.24, 2.45) is 0 Å². The number of nitrogens with zero attached hydrogens (tertiary/aromatic N) is 1. The first-order valence-electron chi connectivity index (χ1n) is 6.44. The zero-order valence-electron chi connectivity index (χ0n) is 10.5. The largest absolute Gasteiger partial charge is 0.339 e. The van der Waals surface area contributed by atoms with Crippen molar-refractivity contribution in [2.45, 2.75) is 64.8 Å². The van der Waals surface area contributed by atoms with Gasteiger partial charge in [-0.3, -0.25) is 9.59 Å². The molecule has 1 fully saturated rings. The Morgan fingerprint density at radius 1 is 1.31 bits per heavy atom. The van der Waals surface area contributed by atoms with Crippen molar-refractivity contribution >= 4 is 11.7 Å². The van der Waals surface area contributed by atoms with E-state index in [1.54, 1.807) is 6.92 Å². The van der Waals surface area contributed by atoms with Crippen molar-refractivity contribution in [3.8, 4) is 0 Å². The third-order valence-electron chi connectivity index (χ3n) is 3.21. The molecule has 1 rings (SSSR count). The SMILES string of the molecule is CCCCCC(=O)N1CCCC1CC(C)=O. The summed E-state index contributed by atoms with van der Waals surface area (Å²) < 4.78 is 0. The first-order chi connectivity index (χ1) is 7.65. The first-order valence-corrected chi connectivity index (χ1v) is 6.44. The van der Waals surface area contributed by atoms with Crippen LogP contribution in [0.25, 0.3) is 0 Å². The molecule has 0 saturated carbocycles. The van der Waals surface area contributed by atoms with Gasteiger partial charge in [0.15, 0.2) is 0 Å². The van der Waals surface area contributed by atoms with Crippen molar-refractivity contribution in [2.75, 3.05) is 6.54 Å². The lowest BCUT2D eigenvalue weighted by atomic mass is 10.1. The summed E-state index contributed by atoms with van der Waals surface area (Å²) in [6, 6.07) is 0.187. The van der Waals surface area contributed by atoms with Crippen LogP contribution in [0.15, 0.2) is 0 Å². The van der Waals surface area contributed by atoms with E-state index in [2.05, 4.69) is 6.92 Å². The quantitative estimate of drug-likeness (QED) is 0.651. The average molecular weight is 225 g/mol. The number of unbranched alkanes of at least 4 members (excludes halogenated alkanes) is 2. The highest BCUT2D eigenvalue weighted by atomic mass is 16.2. The van der Waals surface area contributed by atoms with Gasteiger partial charge in [0.2, 0.25) is 5.91 Å². The summed E-state index contributed by atoms with van der Waals surface area (Å²) in [7, 11) is 0. The molecule has 1 unspecified atom stereocenters. The zero-order valence-corrected chi connectivity index (χ0v) is 10.5. The van der Waals surface area contributed by atoms with E-state index in [9.17, 15) is 9.59 Å². The van der Waals surface area contributed by atoms with E-state index in [-0.39, 0.29) is 17.7 Å². The van der Waals surface area contributed by atoms with E-state index in [0.29, 0.717) is 12.8 Å². The average Bonchev–Trinajstić information content (AvgIpc) is 2.65. The molecule has 0 aromatic carbocycles. The van der Waals surface area contributed by atoms with E-state index in [4.69, 9.17) is 0 Å². The molecule has 3 heteroatoms. The minimum absolute atomic E-state index is 0.187. The standard InChI is InChI=1S/C13H23NO2/c1-3-4-5-8-13(16)14-9-6-7-12(14)10-11(2)15/h12H,3-10H2,1-2H3. The van der Waals surface area contributed by atoms with Crippen LogP contribution in [-0.2, 0) is 9.59 Å². The predicted molar refractivity (Wildman–Crippen MR) is 64.2 cm³/mol. The normalized spacial score (nSPS) is 20.1. The fourth-order valence-corrected chi connectivity index (χ4v) is 2.38. The molecule has 0 radical (unpaired) electrons. The molecular weight excluding hydrogens is 202 g/mol. The minimum atomic E-state index is 0.187. The highest BCUT2D eigenvalue weighted by Crippen LogP contribution is 2.21. The molecule has 1 aliphatic rings. The van der Waals surface area contributed by atoms with Crippen LogP contribution in [0, 0.1) is 0 Å². The topological polar surface area (TPSA) is 37.4 Å². The lowest BCUT2D eigenvalue weighted by Crippen LogP contribution is -2.36. The Balaban J connectivity index is 2.38. The second-order valence-electron chi connectivity index (χ2n) is 4.75. The molecule has 0 aromatic rings. The van der Waals surface area contributed by atoms with Crippen LogP contribution in [0.5, 0.6) is 0 Å². The summed E-state index contributed by atoms with van der Waals surface area (Å²) in [4.78, 5) is 24.9. The van der Waals surface area contributed by atoms with E-state index < -0.39 is 0 Å². The van der Waals surface area contributed by atoms with Gasteiger partial charge in [-0.2, -0.15) is 0 Å². The monoisotopic (exact) mass is 225 g/mol. The minimum Gasteiger partial charge on any atom is -0.339 e. The molecule has 1 saturated heterocycles. The Morgan fingerprint density at radius 3 is 2.69 bits per heavy atom. The van der Waals surface area contributed by atoms with Crippen molar-refractivity contribution in [1.82, 2.24) is 4.90 Å². The highest BCUT2D eigenvalue weighted by molar-refractivity contribution is 5.80. The number of Topliss-reactive ketones (excluding diaryl/α,β-unsaturated/α-hetero) is 1. The maximum Gasteiger partial charge on any atom is 0.222 e. The highest BCUT2D eigenvalue weighted by Gasteiger charge is 2.28.